The minimum atomic E-state index is -0.824. The number of rotatable bonds is 9. The molecule has 0 saturated heterocycles. The van der Waals surface area contributed by atoms with Crippen molar-refractivity contribution in [2.24, 2.45) is 0 Å². The second kappa shape index (κ2) is 10.8. The Kier molecular flexibility index (Phi) is 8.42. The van der Waals surface area contributed by atoms with E-state index in [0.29, 0.717) is 19.5 Å². The first-order valence-corrected chi connectivity index (χ1v) is 9.68. The second-order valence-electron chi connectivity index (χ2n) is 7.83. The lowest BCUT2D eigenvalue weighted by Crippen LogP contribution is -2.50. The van der Waals surface area contributed by atoms with Crippen LogP contribution in [0.25, 0.3) is 0 Å². The first kappa shape index (κ1) is 22.6. The average Bonchev–Trinajstić information content (AvgIpc) is 2.67. The molecule has 0 aliphatic rings. The van der Waals surface area contributed by atoms with E-state index in [9.17, 15) is 9.90 Å². The molecule has 2 aromatic rings. The van der Waals surface area contributed by atoms with Gasteiger partial charge in [0.25, 0.3) is 0 Å². The predicted octanol–water partition coefficient (Wildman–Crippen LogP) is 2.68. The quantitative estimate of drug-likeness (QED) is 0.598. The fraction of sp³-hybridized carbons (Fsp3) is 0.455. The van der Waals surface area contributed by atoms with E-state index in [1.54, 1.807) is 34.1 Å². The van der Waals surface area contributed by atoms with Crippen LogP contribution >= 0.6 is 0 Å². The Labute approximate surface area is 172 Å². The van der Waals surface area contributed by atoms with Crippen LogP contribution < -0.4 is 15.4 Å². The molecule has 1 heterocycles. The zero-order valence-corrected chi connectivity index (χ0v) is 17.5. The van der Waals surface area contributed by atoms with Gasteiger partial charge in [-0.05, 0) is 50.6 Å². The van der Waals surface area contributed by atoms with Crippen LogP contribution in [-0.2, 0) is 17.7 Å². The summed E-state index contributed by atoms with van der Waals surface area (Å²) in [5.74, 6) is 0.782. The average molecular weight is 402 g/mol. The zero-order chi connectivity index (χ0) is 21.3. The van der Waals surface area contributed by atoms with Crippen molar-refractivity contribution in [2.75, 3.05) is 13.7 Å². The summed E-state index contributed by atoms with van der Waals surface area (Å²) in [5.41, 5.74) is 1.20. The highest BCUT2D eigenvalue weighted by Gasteiger charge is 2.25. The van der Waals surface area contributed by atoms with Crippen LogP contribution in [0.5, 0.6) is 5.75 Å². The number of aliphatic hydroxyl groups is 1. The molecule has 1 amide bonds. The summed E-state index contributed by atoms with van der Waals surface area (Å²) in [5, 5.41) is 16.7. The summed E-state index contributed by atoms with van der Waals surface area (Å²) in [4.78, 5) is 16.5. The Hall–Kier alpha value is -2.64. The van der Waals surface area contributed by atoms with E-state index in [1.165, 1.54) is 0 Å². The van der Waals surface area contributed by atoms with Crippen LogP contribution in [-0.4, -0.2) is 47.6 Å². The molecule has 0 saturated carbocycles. The normalized spacial score (nSPS) is 13.4. The number of aromatic nitrogens is 1. The maximum absolute atomic E-state index is 12.2. The van der Waals surface area contributed by atoms with E-state index >= 15 is 0 Å². The summed E-state index contributed by atoms with van der Waals surface area (Å²) >= 11 is 0. The van der Waals surface area contributed by atoms with Gasteiger partial charge < -0.3 is 25.2 Å². The number of methoxy groups -OCH3 is 1. The van der Waals surface area contributed by atoms with Crippen molar-refractivity contribution in [3.05, 3.63) is 59.9 Å². The molecule has 2 rings (SSSR count). The summed E-state index contributed by atoms with van der Waals surface area (Å²) in [7, 11) is 1.63. The smallest absolute Gasteiger partial charge is 0.407 e. The molecular weight excluding hydrogens is 370 g/mol. The highest BCUT2D eigenvalue weighted by Crippen LogP contribution is 2.13. The molecule has 1 aromatic carbocycles. The van der Waals surface area contributed by atoms with Crippen molar-refractivity contribution in [3.8, 4) is 5.75 Å². The third-order valence-electron chi connectivity index (χ3n) is 4.14. The van der Waals surface area contributed by atoms with Crippen molar-refractivity contribution in [1.82, 2.24) is 15.6 Å². The lowest BCUT2D eigenvalue weighted by molar-refractivity contribution is 0.0421. The summed E-state index contributed by atoms with van der Waals surface area (Å²) in [6.07, 6.45) is 0.690. The van der Waals surface area contributed by atoms with Gasteiger partial charge in [0.05, 0.1) is 19.3 Å². The summed E-state index contributed by atoms with van der Waals surface area (Å²) < 4.78 is 10.6. The van der Waals surface area contributed by atoms with Gasteiger partial charge in [-0.2, -0.15) is 0 Å². The lowest BCUT2D eigenvalue weighted by Gasteiger charge is -2.27. The largest absolute Gasteiger partial charge is 0.497 e. The van der Waals surface area contributed by atoms with Crippen molar-refractivity contribution in [3.63, 3.8) is 0 Å². The topological polar surface area (TPSA) is 92.7 Å². The van der Waals surface area contributed by atoms with Gasteiger partial charge in [-0.1, -0.05) is 18.2 Å². The van der Waals surface area contributed by atoms with E-state index < -0.39 is 23.8 Å². The molecule has 2 atom stereocenters. The van der Waals surface area contributed by atoms with E-state index in [0.717, 1.165) is 17.0 Å². The maximum atomic E-state index is 12.2. The monoisotopic (exact) mass is 401 g/mol. The van der Waals surface area contributed by atoms with Crippen molar-refractivity contribution >= 4 is 6.09 Å². The van der Waals surface area contributed by atoms with Gasteiger partial charge in [0, 0.05) is 31.4 Å². The number of carbonyl (C=O) groups excluding carboxylic acids is 1. The number of hydrogen-bond donors (Lipinski definition) is 3. The van der Waals surface area contributed by atoms with Gasteiger partial charge in [-0.25, -0.2) is 4.79 Å². The summed E-state index contributed by atoms with van der Waals surface area (Å²) in [6, 6.07) is 12.7. The molecule has 7 heteroatoms. The number of benzene rings is 1. The van der Waals surface area contributed by atoms with Crippen LogP contribution in [0.3, 0.4) is 0 Å². The van der Waals surface area contributed by atoms with Crippen LogP contribution in [0.4, 0.5) is 4.79 Å². The van der Waals surface area contributed by atoms with E-state index in [-0.39, 0.29) is 0 Å². The minimum Gasteiger partial charge on any atom is -0.497 e. The molecule has 0 radical (unpaired) electrons. The predicted molar refractivity (Wildman–Crippen MR) is 112 cm³/mol. The van der Waals surface area contributed by atoms with Crippen LogP contribution in [0.15, 0.2) is 48.7 Å². The fourth-order valence-electron chi connectivity index (χ4n) is 2.78. The van der Waals surface area contributed by atoms with Crippen molar-refractivity contribution in [1.29, 1.82) is 0 Å². The Balaban J connectivity index is 1.97. The van der Waals surface area contributed by atoms with Gasteiger partial charge in [-0.15, -0.1) is 0 Å². The standard InChI is InChI=1S/C22H31N3O4/c1-22(2,3)29-21(27)25-19(13-17-9-5-6-11-24-17)20(26)15-23-14-16-8-7-10-18(12-16)28-4/h5-12,19-20,23,26H,13-15H2,1-4H3,(H,25,27)/t19-,20+/m0/s1. The number of nitrogens with zero attached hydrogens (tertiary/aromatic N) is 1. The molecular formula is C22H31N3O4. The maximum Gasteiger partial charge on any atom is 0.407 e. The Bertz CT molecular complexity index is 762. The van der Waals surface area contributed by atoms with E-state index in [4.69, 9.17) is 9.47 Å². The van der Waals surface area contributed by atoms with E-state index in [2.05, 4.69) is 15.6 Å². The van der Waals surface area contributed by atoms with Crippen molar-refractivity contribution < 1.29 is 19.4 Å². The molecule has 158 valence electrons. The number of carbonyl (C=O) groups is 1. The lowest BCUT2D eigenvalue weighted by atomic mass is 10.0. The number of pyridine rings is 1. The Morgan fingerprint density at radius 1 is 1.21 bits per heavy atom. The zero-order valence-electron chi connectivity index (χ0n) is 17.5. The fourth-order valence-corrected chi connectivity index (χ4v) is 2.78. The van der Waals surface area contributed by atoms with E-state index in [1.807, 2.05) is 42.5 Å². The molecule has 1 aromatic heterocycles. The molecule has 3 N–H and O–H groups in total. The molecule has 29 heavy (non-hydrogen) atoms. The number of hydrogen-bond acceptors (Lipinski definition) is 6. The first-order chi connectivity index (χ1) is 13.8. The second-order valence-corrected chi connectivity index (χ2v) is 7.83. The van der Waals surface area contributed by atoms with Crippen LogP contribution in [0, 0.1) is 0 Å². The highest BCUT2D eigenvalue weighted by atomic mass is 16.6. The van der Waals surface area contributed by atoms with Gasteiger partial charge in [-0.3, -0.25) is 4.98 Å². The van der Waals surface area contributed by atoms with Gasteiger partial charge in [0.15, 0.2) is 0 Å². The number of nitrogens with one attached hydrogen (secondary N) is 2. The van der Waals surface area contributed by atoms with Gasteiger partial charge >= 0.3 is 6.09 Å². The molecule has 0 fully saturated rings. The Morgan fingerprint density at radius 2 is 2.00 bits per heavy atom. The summed E-state index contributed by atoms with van der Waals surface area (Å²) in [6.45, 7) is 6.26. The molecule has 0 aliphatic carbocycles. The van der Waals surface area contributed by atoms with Crippen LogP contribution in [0.2, 0.25) is 0 Å². The van der Waals surface area contributed by atoms with Crippen molar-refractivity contribution in [2.45, 2.75) is 51.5 Å². The highest BCUT2D eigenvalue weighted by molar-refractivity contribution is 5.68. The molecule has 0 bridgehead atoms. The van der Waals surface area contributed by atoms with Gasteiger partial charge in [0.1, 0.15) is 11.4 Å². The number of ether oxygens (including phenoxy) is 2. The Morgan fingerprint density at radius 3 is 2.66 bits per heavy atom. The third-order valence-corrected chi connectivity index (χ3v) is 4.14. The third kappa shape index (κ3) is 8.50. The molecule has 7 nitrogen and oxygen atoms in total. The van der Waals surface area contributed by atoms with Crippen LogP contribution in [0.1, 0.15) is 32.0 Å². The van der Waals surface area contributed by atoms with Gasteiger partial charge in [0.2, 0.25) is 0 Å². The SMILES string of the molecule is COc1cccc(CNC[C@@H](O)[C@H](Cc2ccccn2)NC(=O)OC(C)(C)C)c1. The molecule has 0 spiro atoms. The minimum absolute atomic E-state index is 0.296. The number of aliphatic hydroxyl groups excluding tert-OH is 1. The number of alkyl carbamates (subject to hydrolysis) is 1. The first-order valence-electron chi connectivity index (χ1n) is 9.68. The molecule has 0 unspecified atom stereocenters. The molecule has 0 aliphatic heterocycles. The number of amides is 1.